The molecule has 118 valence electrons. The highest BCUT2D eigenvalue weighted by atomic mass is 35.5. The fourth-order valence-electron chi connectivity index (χ4n) is 2.10. The molecule has 0 heterocycles. The summed E-state index contributed by atoms with van der Waals surface area (Å²) in [6, 6.07) is 14.0. The van der Waals surface area contributed by atoms with Crippen LogP contribution in [0, 0.1) is 6.92 Å². The Balaban J connectivity index is 1.98. The first-order valence-electron chi connectivity index (χ1n) is 7.47. The highest BCUT2D eigenvalue weighted by Gasteiger charge is 2.05. The molecule has 0 aromatic heterocycles. The molecular weight excluding hydrogens is 298 g/mol. The predicted octanol–water partition coefficient (Wildman–Crippen LogP) is 3.70. The van der Waals surface area contributed by atoms with E-state index < -0.39 is 0 Å². The van der Waals surface area contributed by atoms with Crippen molar-refractivity contribution in [2.45, 2.75) is 26.5 Å². The van der Waals surface area contributed by atoms with Gasteiger partial charge < -0.3 is 15.2 Å². The maximum Gasteiger partial charge on any atom is 0.124 e. The molecule has 0 aliphatic heterocycles. The van der Waals surface area contributed by atoms with Crippen molar-refractivity contribution in [1.82, 2.24) is 5.32 Å². The van der Waals surface area contributed by atoms with E-state index in [2.05, 4.69) is 36.5 Å². The number of hydrogen-bond donors (Lipinski definition) is 2. The lowest BCUT2D eigenvalue weighted by molar-refractivity contribution is 0.285. The number of hydrogen-bond acceptors (Lipinski definition) is 3. The number of aliphatic hydroxyl groups is 1. The fraction of sp³-hybridized carbons (Fsp3) is 0.333. The molecule has 2 N–H and O–H groups in total. The van der Waals surface area contributed by atoms with Crippen LogP contribution in [0.4, 0.5) is 0 Å². The van der Waals surface area contributed by atoms with Gasteiger partial charge in [-0.3, -0.25) is 0 Å². The van der Waals surface area contributed by atoms with Gasteiger partial charge >= 0.3 is 0 Å². The number of ether oxygens (including phenoxy) is 1. The lowest BCUT2D eigenvalue weighted by Gasteiger charge is -2.13. The zero-order valence-electron chi connectivity index (χ0n) is 12.8. The average molecular weight is 320 g/mol. The first kappa shape index (κ1) is 16.8. The lowest BCUT2D eigenvalue weighted by Crippen LogP contribution is -2.16. The molecule has 0 fully saturated rings. The highest BCUT2D eigenvalue weighted by molar-refractivity contribution is 6.30. The van der Waals surface area contributed by atoms with E-state index in [1.165, 1.54) is 5.56 Å². The van der Waals surface area contributed by atoms with Crippen LogP contribution in [0.1, 0.15) is 23.1 Å². The summed E-state index contributed by atoms with van der Waals surface area (Å²) in [6.07, 6.45) is 0.736. The lowest BCUT2D eigenvalue weighted by atomic mass is 10.1. The minimum Gasteiger partial charge on any atom is -0.489 e. The van der Waals surface area contributed by atoms with Gasteiger partial charge in [-0.05, 0) is 43.7 Å². The van der Waals surface area contributed by atoms with Gasteiger partial charge in [0.1, 0.15) is 12.4 Å². The summed E-state index contributed by atoms with van der Waals surface area (Å²) in [5.41, 5.74) is 3.40. The number of nitrogens with one attached hydrogen (secondary N) is 1. The Bertz CT molecular complexity index is 584. The van der Waals surface area contributed by atoms with Gasteiger partial charge in [0, 0.05) is 23.7 Å². The molecule has 0 saturated carbocycles. The maximum absolute atomic E-state index is 8.81. The van der Waals surface area contributed by atoms with Crippen LogP contribution in [0.3, 0.4) is 0 Å². The maximum atomic E-state index is 8.81. The highest BCUT2D eigenvalue weighted by Crippen LogP contribution is 2.24. The fourth-order valence-corrected chi connectivity index (χ4v) is 2.29. The van der Waals surface area contributed by atoms with E-state index in [1.807, 2.05) is 18.2 Å². The largest absolute Gasteiger partial charge is 0.489 e. The molecule has 0 aliphatic carbocycles. The third kappa shape index (κ3) is 5.34. The number of aryl methyl sites for hydroxylation is 1. The molecule has 0 atom stereocenters. The zero-order valence-corrected chi connectivity index (χ0v) is 13.6. The molecule has 0 aliphatic rings. The summed E-state index contributed by atoms with van der Waals surface area (Å²) in [6.45, 7) is 4.23. The second-order valence-electron chi connectivity index (χ2n) is 5.28. The Labute approximate surface area is 136 Å². The molecule has 0 amide bonds. The molecule has 4 heteroatoms. The van der Waals surface area contributed by atoms with Crippen molar-refractivity contribution in [3.63, 3.8) is 0 Å². The predicted molar refractivity (Wildman–Crippen MR) is 90.4 cm³/mol. The van der Waals surface area contributed by atoms with Crippen molar-refractivity contribution in [1.29, 1.82) is 0 Å². The number of rotatable bonds is 8. The third-order valence-electron chi connectivity index (χ3n) is 3.36. The Kier molecular flexibility index (Phi) is 6.72. The molecule has 2 aromatic rings. The number of aliphatic hydroxyl groups excluding tert-OH is 1. The van der Waals surface area contributed by atoms with Gasteiger partial charge in [-0.25, -0.2) is 0 Å². The molecule has 22 heavy (non-hydrogen) atoms. The van der Waals surface area contributed by atoms with Gasteiger partial charge in [-0.15, -0.1) is 0 Å². The van der Waals surface area contributed by atoms with E-state index in [-0.39, 0.29) is 6.61 Å². The van der Waals surface area contributed by atoms with Crippen molar-refractivity contribution in [3.05, 3.63) is 64.2 Å². The number of benzene rings is 2. The molecule has 0 spiro atoms. The first-order valence-corrected chi connectivity index (χ1v) is 7.85. The topological polar surface area (TPSA) is 41.5 Å². The monoisotopic (exact) mass is 319 g/mol. The third-order valence-corrected chi connectivity index (χ3v) is 3.60. The van der Waals surface area contributed by atoms with E-state index >= 15 is 0 Å². The zero-order chi connectivity index (χ0) is 15.8. The SMILES string of the molecule is Cc1ccc(COc2ccc(Cl)cc2CNCCCO)cc1. The molecule has 2 rings (SSSR count). The van der Waals surface area contributed by atoms with Crippen LogP contribution >= 0.6 is 11.6 Å². The van der Waals surface area contributed by atoms with Crippen molar-refractivity contribution >= 4 is 11.6 Å². The van der Waals surface area contributed by atoms with Crippen LogP contribution in [0.15, 0.2) is 42.5 Å². The summed E-state index contributed by atoms with van der Waals surface area (Å²) in [4.78, 5) is 0. The first-order chi connectivity index (χ1) is 10.7. The molecule has 0 unspecified atom stereocenters. The molecule has 3 nitrogen and oxygen atoms in total. The second-order valence-corrected chi connectivity index (χ2v) is 5.72. The van der Waals surface area contributed by atoms with Gasteiger partial charge in [0.2, 0.25) is 0 Å². The van der Waals surface area contributed by atoms with E-state index in [0.717, 1.165) is 29.8 Å². The Morgan fingerprint density at radius 2 is 1.91 bits per heavy atom. The van der Waals surface area contributed by atoms with E-state index in [0.29, 0.717) is 18.2 Å². The standard InChI is InChI=1S/C18H22ClNO2/c1-14-3-5-15(6-4-14)13-22-18-8-7-17(19)11-16(18)12-20-9-2-10-21/h3-8,11,20-21H,2,9-10,12-13H2,1H3. The Hall–Kier alpha value is -1.55. The second kappa shape index (κ2) is 8.79. The van der Waals surface area contributed by atoms with Gasteiger partial charge in [0.05, 0.1) is 0 Å². The van der Waals surface area contributed by atoms with Crippen LogP contribution in [0.5, 0.6) is 5.75 Å². The Morgan fingerprint density at radius 1 is 1.14 bits per heavy atom. The van der Waals surface area contributed by atoms with Crippen molar-refractivity contribution in [3.8, 4) is 5.75 Å². The summed E-state index contributed by atoms with van der Waals surface area (Å²) in [5, 5.41) is 12.8. The van der Waals surface area contributed by atoms with Gasteiger partial charge in [-0.2, -0.15) is 0 Å². The van der Waals surface area contributed by atoms with Crippen LogP contribution in [0.2, 0.25) is 5.02 Å². The van der Waals surface area contributed by atoms with E-state index in [1.54, 1.807) is 0 Å². The van der Waals surface area contributed by atoms with Crippen molar-refractivity contribution < 1.29 is 9.84 Å². The van der Waals surface area contributed by atoms with E-state index in [9.17, 15) is 0 Å². The molecule has 2 aromatic carbocycles. The van der Waals surface area contributed by atoms with Gasteiger partial charge in [0.25, 0.3) is 0 Å². The smallest absolute Gasteiger partial charge is 0.124 e. The summed E-state index contributed by atoms with van der Waals surface area (Å²) in [7, 11) is 0. The van der Waals surface area contributed by atoms with Crippen molar-refractivity contribution in [2.75, 3.05) is 13.2 Å². The number of halogens is 1. The minimum absolute atomic E-state index is 0.194. The summed E-state index contributed by atoms with van der Waals surface area (Å²) < 4.78 is 5.93. The minimum atomic E-state index is 0.194. The average Bonchev–Trinajstić information content (AvgIpc) is 2.52. The van der Waals surface area contributed by atoms with Gasteiger partial charge in [0.15, 0.2) is 0 Å². The van der Waals surface area contributed by atoms with Crippen LogP contribution < -0.4 is 10.1 Å². The normalized spacial score (nSPS) is 10.7. The van der Waals surface area contributed by atoms with Crippen LogP contribution in [-0.2, 0) is 13.2 Å². The van der Waals surface area contributed by atoms with E-state index in [4.69, 9.17) is 21.4 Å². The molecule has 0 saturated heterocycles. The van der Waals surface area contributed by atoms with Crippen molar-refractivity contribution in [2.24, 2.45) is 0 Å². The van der Waals surface area contributed by atoms with Crippen LogP contribution in [0.25, 0.3) is 0 Å². The summed E-state index contributed by atoms with van der Waals surface area (Å²) in [5.74, 6) is 0.835. The molecule has 0 bridgehead atoms. The van der Waals surface area contributed by atoms with Crippen LogP contribution in [-0.4, -0.2) is 18.3 Å². The Morgan fingerprint density at radius 3 is 2.64 bits per heavy atom. The molecule has 0 radical (unpaired) electrons. The summed E-state index contributed by atoms with van der Waals surface area (Å²) >= 11 is 6.07. The van der Waals surface area contributed by atoms with Gasteiger partial charge in [-0.1, -0.05) is 41.4 Å². The molecular formula is C18H22ClNO2. The quantitative estimate of drug-likeness (QED) is 0.729.